The molecule has 0 radical (unpaired) electrons. The van der Waals surface area contributed by atoms with E-state index in [0.717, 1.165) is 5.56 Å². The highest BCUT2D eigenvalue weighted by molar-refractivity contribution is 5.93. The Morgan fingerprint density at radius 1 is 1.14 bits per heavy atom. The van der Waals surface area contributed by atoms with Crippen molar-refractivity contribution >= 4 is 5.91 Å². The highest BCUT2D eigenvalue weighted by atomic mass is 16.6. The van der Waals surface area contributed by atoms with Crippen LogP contribution >= 0.6 is 0 Å². The normalized spacial score (nSPS) is 12.8. The molecule has 0 aliphatic carbocycles. The molecule has 0 atom stereocenters. The average molecular weight is 286 g/mol. The minimum Gasteiger partial charge on any atom is -0.486 e. The van der Waals surface area contributed by atoms with Crippen molar-refractivity contribution in [2.24, 2.45) is 0 Å². The van der Waals surface area contributed by atoms with Crippen LogP contribution in [0.2, 0.25) is 0 Å². The van der Waals surface area contributed by atoms with Gasteiger partial charge in [0.15, 0.2) is 11.5 Å². The molecule has 21 heavy (non-hydrogen) atoms. The monoisotopic (exact) mass is 286 g/mol. The van der Waals surface area contributed by atoms with Gasteiger partial charge in [0.05, 0.1) is 0 Å². The zero-order chi connectivity index (χ0) is 14.7. The predicted octanol–water partition coefficient (Wildman–Crippen LogP) is 1.08. The van der Waals surface area contributed by atoms with Crippen molar-refractivity contribution in [3.05, 3.63) is 58.0 Å². The summed E-state index contributed by atoms with van der Waals surface area (Å²) in [6.45, 7) is 1.42. The summed E-state index contributed by atoms with van der Waals surface area (Å²) in [7, 11) is 0. The lowest BCUT2D eigenvalue weighted by Gasteiger charge is -2.18. The number of H-pyrrole nitrogens is 1. The van der Waals surface area contributed by atoms with E-state index in [1.54, 1.807) is 6.07 Å². The molecule has 1 aliphatic heterocycles. The summed E-state index contributed by atoms with van der Waals surface area (Å²) in [5, 5.41) is 2.76. The van der Waals surface area contributed by atoms with Crippen LogP contribution in [0.15, 0.2) is 41.3 Å². The molecule has 0 bridgehead atoms. The largest absolute Gasteiger partial charge is 0.486 e. The first kappa shape index (κ1) is 13.2. The number of hydrogen-bond donors (Lipinski definition) is 2. The van der Waals surface area contributed by atoms with Gasteiger partial charge in [-0.2, -0.15) is 0 Å². The number of fused-ring (bicyclic) bond motifs is 1. The predicted molar refractivity (Wildman–Crippen MR) is 75.7 cm³/mol. The van der Waals surface area contributed by atoms with Crippen LogP contribution in [0.25, 0.3) is 0 Å². The second-order valence-corrected chi connectivity index (χ2v) is 4.60. The van der Waals surface area contributed by atoms with Gasteiger partial charge in [-0.05, 0) is 23.8 Å². The quantitative estimate of drug-likeness (QED) is 0.884. The highest BCUT2D eigenvalue weighted by Crippen LogP contribution is 2.30. The third kappa shape index (κ3) is 3.05. The first-order chi connectivity index (χ1) is 10.2. The van der Waals surface area contributed by atoms with Crippen LogP contribution in [-0.2, 0) is 6.54 Å². The maximum atomic E-state index is 11.9. The maximum absolute atomic E-state index is 11.9. The zero-order valence-electron chi connectivity index (χ0n) is 11.2. The van der Waals surface area contributed by atoms with Crippen molar-refractivity contribution in [2.75, 3.05) is 13.2 Å². The molecular formula is C15H14N2O4. The number of pyridine rings is 1. The molecule has 0 fully saturated rings. The van der Waals surface area contributed by atoms with E-state index in [4.69, 9.17) is 9.47 Å². The maximum Gasteiger partial charge on any atom is 0.251 e. The molecule has 6 heteroatoms. The minimum absolute atomic E-state index is 0.295. The van der Waals surface area contributed by atoms with Crippen LogP contribution in [0, 0.1) is 0 Å². The Hall–Kier alpha value is -2.76. The van der Waals surface area contributed by atoms with Crippen molar-refractivity contribution < 1.29 is 14.3 Å². The van der Waals surface area contributed by atoms with E-state index < -0.39 is 0 Å². The van der Waals surface area contributed by atoms with Gasteiger partial charge < -0.3 is 19.8 Å². The molecule has 2 N–H and O–H groups in total. The fraction of sp³-hybridized carbons (Fsp3) is 0.200. The van der Waals surface area contributed by atoms with Gasteiger partial charge in [0.1, 0.15) is 13.2 Å². The molecule has 1 aliphatic rings. The Morgan fingerprint density at radius 3 is 2.76 bits per heavy atom. The summed E-state index contributed by atoms with van der Waals surface area (Å²) in [5.41, 5.74) is 0.927. The van der Waals surface area contributed by atoms with Crippen molar-refractivity contribution in [3.63, 3.8) is 0 Å². The average Bonchev–Trinajstić information content (AvgIpc) is 2.52. The van der Waals surface area contributed by atoms with Gasteiger partial charge in [-0.15, -0.1) is 0 Å². The third-order valence-corrected chi connectivity index (χ3v) is 3.10. The summed E-state index contributed by atoms with van der Waals surface area (Å²) >= 11 is 0. The standard InChI is InChI=1S/C15H14N2O4/c18-14-8-11(3-4-16-14)15(19)17-9-10-1-2-12-13(7-10)21-6-5-20-12/h1-4,7-8H,5-6,9H2,(H,16,18)(H,17,19). The number of carbonyl (C=O) groups is 1. The van der Waals surface area contributed by atoms with Gasteiger partial charge in [0.25, 0.3) is 5.91 Å². The Kier molecular flexibility index (Phi) is 3.59. The molecule has 0 saturated carbocycles. The lowest BCUT2D eigenvalue weighted by atomic mass is 10.2. The summed E-state index contributed by atoms with van der Waals surface area (Å²) in [5.74, 6) is 1.10. The Labute approximate surface area is 120 Å². The smallest absolute Gasteiger partial charge is 0.251 e. The van der Waals surface area contributed by atoms with Crippen molar-refractivity contribution in [3.8, 4) is 11.5 Å². The lowest BCUT2D eigenvalue weighted by Crippen LogP contribution is -2.24. The first-order valence-corrected chi connectivity index (χ1v) is 6.58. The van der Waals surface area contributed by atoms with Gasteiger partial charge >= 0.3 is 0 Å². The summed E-state index contributed by atoms with van der Waals surface area (Å²) < 4.78 is 10.9. The topological polar surface area (TPSA) is 80.4 Å². The van der Waals surface area contributed by atoms with Crippen LogP contribution in [-0.4, -0.2) is 24.1 Å². The zero-order valence-corrected chi connectivity index (χ0v) is 11.2. The Morgan fingerprint density at radius 2 is 1.95 bits per heavy atom. The number of aromatic amines is 1. The van der Waals surface area contributed by atoms with E-state index in [-0.39, 0.29) is 11.5 Å². The van der Waals surface area contributed by atoms with Gasteiger partial charge in [0, 0.05) is 24.4 Å². The summed E-state index contributed by atoms with van der Waals surface area (Å²) in [4.78, 5) is 25.6. The van der Waals surface area contributed by atoms with E-state index in [1.165, 1.54) is 12.3 Å². The van der Waals surface area contributed by atoms with Crippen LogP contribution in [0.5, 0.6) is 11.5 Å². The molecule has 3 rings (SSSR count). The van der Waals surface area contributed by atoms with E-state index in [2.05, 4.69) is 10.3 Å². The summed E-state index contributed by atoms with van der Waals surface area (Å²) in [6, 6.07) is 8.35. The third-order valence-electron chi connectivity index (χ3n) is 3.10. The fourth-order valence-electron chi connectivity index (χ4n) is 2.07. The van der Waals surface area contributed by atoms with E-state index in [1.807, 2.05) is 18.2 Å². The van der Waals surface area contributed by atoms with Crippen molar-refractivity contribution in [1.82, 2.24) is 10.3 Å². The molecular weight excluding hydrogens is 272 g/mol. The van der Waals surface area contributed by atoms with E-state index in [0.29, 0.717) is 36.8 Å². The van der Waals surface area contributed by atoms with Crippen LogP contribution < -0.4 is 20.3 Å². The van der Waals surface area contributed by atoms with Gasteiger partial charge in [0.2, 0.25) is 5.56 Å². The number of nitrogens with one attached hydrogen (secondary N) is 2. The highest BCUT2D eigenvalue weighted by Gasteiger charge is 2.12. The Bertz CT molecular complexity index is 724. The molecule has 6 nitrogen and oxygen atoms in total. The second kappa shape index (κ2) is 5.70. The number of benzene rings is 1. The Balaban J connectivity index is 1.67. The molecule has 1 amide bonds. The molecule has 2 heterocycles. The van der Waals surface area contributed by atoms with Crippen LogP contribution in [0.4, 0.5) is 0 Å². The minimum atomic E-state index is -0.304. The fourth-order valence-corrected chi connectivity index (χ4v) is 2.07. The van der Waals surface area contributed by atoms with Gasteiger partial charge in [-0.1, -0.05) is 6.07 Å². The van der Waals surface area contributed by atoms with Crippen molar-refractivity contribution in [2.45, 2.75) is 6.54 Å². The van der Waals surface area contributed by atoms with Crippen LogP contribution in [0.3, 0.4) is 0 Å². The van der Waals surface area contributed by atoms with E-state index >= 15 is 0 Å². The van der Waals surface area contributed by atoms with Gasteiger partial charge in [-0.25, -0.2) is 0 Å². The van der Waals surface area contributed by atoms with Gasteiger partial charge in [-0.3, -0.25) is 9.59 Å². The SMILES string of the molecule is O=C(NCc1ccc2c(c1)OCCO2)c1cc[nH]c(=O)c1. The molecule has 108 valence electrons. The molecule has 2 aromatic rings. The molecule has 0 unspecified atom stereocenters. The van der Waals surface area contributed by atoms with E-state index in [9.17, 15) is 9.59 Å². The number of hydrogen-bond acceptors (Lipinski definition) is 4. The molecule has 1 aromatic heterocycles. The number of carbonyl (C=O) groups excluding carboxylic acids is 1. The second-order valence-electron chi connectivity index (χ2n) is 4.60. The number of aromatic nitrogens is 1. The number of ether oxygens (including phenoxy) is 2. The van der Waals surface area contributed by atoms with Crippen LogP contribution in [0.1, 0.15) is 15.9 Å². The van der Waals surface area contributed by atoms with Crippen molar-refractivity contribution in [1.29, 1.82) is 0 Å². The molecule has 0 saturated heterocycles. The number of amides is 1. The lowest BCUT2D eigenvalue weighted by molar-refractivity contribution is 0.0950. The molecule has 0 spiro atoms. The first-order valence-electron chi connectivity index (χ1n) is 6.58. The summed E-state index contributed by atoms with van der Waals surface area (Å²) in [6.07, 6.45) is 1.45. The molecule has 1 aromatic carbocycles. The number of rotatable bonds is 3.